The van der Waals surface area contributed by atoms with Crippen LogP contribution in [0.1, 0.15) is 26.7 Å². The topological polar surface area (TPSA) is 41.6 Å². The molecule has 0 aromatic heterocycles. The van der Waals surface area contributed by atoms with E-state index in [0.29, 0.717) is 0 Å². The van der Waals surface area contributed by atoms with Crippen LogP contribution in [0.5, 0.6) is 0 Å². The maximum absolute atomic E-state index is 11.8. The highest BCUT2D eigenvalue weighted by molar-refractivity contribution is 5.84. The summed E-state index contributed by atoms with van der Waals surface area (Å²) in [6, 6.07) is 0. The molecule has 0 aliphatic carbocycles. The molecule has 4 heteroatoms. The molecule has 1 fully saturated rings. The number of hydrogen-bond acceptors (Lipinski definition) is 3. The van der Waals surface area contributed by atoms with Gasteiger partial charge in [0, 0.05) is 20.2 Å². The van der Waals surface area contributed by atoms with E-state index in [9.17, 15) is 4.79 Å². The van der Waals surface area contributed by atoms with Crippen molar-refractivity contribution in [1.82, 2.24) is 10.4 Å². The minimum absolute atomic E-state index is 0.00898. The molecule has 0 radical (unpaired) electrons. The molecule has 1 rings (SSSR count). The largest absolute Gasteiger partial charge is 0.369 e. The van der Waals surface area contributed by atoms with Crippen LogP contribution in [0.25, 0.3) is 0 Å². The first-order valence-corrected chi connectivity index (χ1v) is 4.68. The predicted octanol–water partition coefficient (Wildman–Crippen LogP) is 0.538. The van der Waals surface area contributed by atoms with E-state index in [0.717, 1.165) is 25.9 Å². The molecule has 0 aromatic carbocycles. The van der Waals surface area contributed by atoms with Crippen molar-refractivity contribution in [3.8, 4) is 0 Å². The summed E-state index contributed by atoms with van der Waals surface area (Å²) in [6.07, 6.45) is 2.20. The van der Waals surface area contributed by atoms with Gasteiger partial charge >= 0.3 is 0 Å². The second-order valence-corrected chi connectivity index (χ2v) is 3.79. The number of nitrogens with one attached hydrogen (secondary N) is 1. The lowest BCUT2D eigenvalue weighted by Gasteiger charge is -2.33. The molecular formula is C9H18N2O2. The van der Waals surface area contributed by atoms with Gasteiger partial charge in [-0.2, -0.15) is 0 Å². The van der Waals surface area contributed by atoms with Crippen LogP contribution in [0.3, 0.4) is 0 Å². The Kier molecular flexibility index (Phi) is 3.27. The van der Waals surface area contributed by atoms with Gasteiger partial charge in [-0.1, -0.05) is 0 Å². The third-order valence-electron chi connectivity index (χ3n) is 2.38. The highest BCUT2D eigenvalue weighted by Crippen LogP contribution is 2.13. The van der Waals surface area contributed by atoms with Crippen molar-refractivity contribution >= 4 is 5.91 Å². The molecule has 4 nitrogen and oxygen atoms in total. The van der Waals surface area contributed by atoms with Crippen LogP contribution in [0, 0.1) is 0 Å². The fourth-order valence-corrected chi connectivity index (χ4v) is 1.27. The summed E-state index contributed by atoms with van der Waals surface area (Å²) in [6.45, 7) is 5.23. The van der Waals surface area contributed by atoms with Crippen molar-refractivity contribution in [2.75, 3.05) is 20.2 Å². The first-order chi connectivity index (χ1) is 6.08. The quantitative estimate of drug-likeness (QED) is 0.684. The average molecular weight is 186 g/mol. The lowest BCUT2D eigenvalue weighted by molar-refractivity contribution is -0.155. The number of nitrogens with zero attached hydrogens (tertiary/aromatic N) is 1. The Balaban J connectivity index is 2.55. The van der Waals surface area contributed by atoms with Crippen LogP contribution in [0.4, 0.5) is 0 Å². The molecule has 1 saturated heterocycles. The van der Waals surface area contributed by atoms with E-state index < -0.39 is 5.60 Å². The molecule has 0 bridgehead atoms. The third kappa shape index (κ3) is 2.42. The Bertz CT molecular complexity index is 186. The Labute approximate surface area is 79.2 Å². The summed E-state index contributed by atoms with van der Waals surface area (Å²) >= 11 is 0. The van der Waals surface area contributed by atoms with Crippen molar-refractivity contribution in [1.29, 1.82) is 0 Å². The molecule has 0 saturated carbocycles. The number of ether oxygens (including phenoxy) is 1. The molecule has 1 amide bonds. The lowest BCUT2D eigenvalue weighted by Crippen LogP contribution is -2.54. The minimum Gasteiger partial charge on any atom is -0.369 e. The van der Waals surface area contributed by atoms with E-state index in [-0.39, 0.29) is 5.91 Å². The molecule has 1 heterocycles. The zero-order chi connectivity index (χ0) is 9.90. The molecule has 13 heavy (non-hydrogen) atoms. The number of rotatable bonds is 2. The Morgan fingerprint density at radius 3 is 2.62 bits per heavy atom. The second-order valence-electron chi connectivity index (χ2n) is 3.79. The molecule has 0 atom stereocenters. The van der Waals surface area contributed by atoms with Gasteiger partial charge in [-0.05, 0) is 26.7 Å². The SMILES string of the molecule is COC(C)(C)C(=O)N1CCCCN1. The monoisotopic (exact) mass is 186 g/mol. The number of amides is 1. The van der Waals surface area contributed by atoms with E-state index in [2.05, 4.69) is 5.43 Å². The highest BCUT2D eigenvalue weighted by Gasteiger charge is 2.32. The van der Waals surface area contributed by atoms with Gasteiger partial charge in [-0.25, -0.2) is 5.43 Å². The maximum atomic E-state index is 11.8. The fourth-order valence-electron chi connectivity index (χ4n) is 1.27. The summed E-state index contributed by atoms with van der Waals surface area (Å²) in [4.78, 5) is 11.8. The summed E-state index contributed by atoms with van der Waals surface area (Å²) < 4.78 is 5.12. The lowest BCUT2D eigenvalue weighted by atomic mass is 10.1. The average Bonchev–Trinajstić information content (AvgIpc) is 2.18. The van der Waals surface area contributed by atoms with Gasteiger partial charge in [0.05, 0.1) is 0 Å². The number of carbonyl (C=O) groups is 1. The molecule has 0 unspecified atom stereocenters. The van der Waals surface area contributed by atoms with Gasteiger partial charge in [0.15, 0.2) is 0 Å². The number of methoxy groups -OCH3 is 1. The first-order valence-electron chi connectivity index (χ1n) is 4.68. The Morgan fingerprint density at radius 1 is 1.46 bits per heavy atom. The van der Waals surface area contributed by atoms with Crippen LogP contribution in [-0.4, -0.2) is 36.7 Å². The molecule has 76 valence electrons. The number of carbonyl (C=O) groups excluding carboxylic acids is 1. The van der Waals surface area contributed by atoms with Crippen molar-refractivity contribution < 1.29 is 9.53 Å². The normalized spacial score (nSPS) is 18.8. The zero-order valence-electron chi connectivity index (χ0n) is 8.59. The zero-order valence-corrected chi connectivity index (χ0v) is 8.59. The van der Waals surface area contributed by atoms with Crippen LogP contribution in [-0.2, 0) is 9.53 Å². The van der Waals surface area contributed by atoms with Gasteiger partial charge in [-0.15, -0.1) is 0 Å². The highest BCUT2D eigenvalue weighted by atomic mass is 16.5. The van der Waals surface area contributed by atoms with Gasteiger partial charge in [0.25, 0.3) is 5.91 Å². The maximum Gasteiger partial charge on any atom is 0.268 e. The van der Waals surface area contributed by atoms with Gasteiger partial charge in [-0.3, -0.25) is 9.80 Å². The van der Waals surface area contributed by atoms with Crippen LogP contribution >= 0.6 is 0 Å². The van der Waals surface area contributed by atoms with E-state index >= 15 is 0 Å². The molecular weight excluding hydrogens is 168 g/mol. The first kappa shape index (κ1) is 10.5. The molecule has 0 spiro atoms. The summed E-state index contributed by atoms with van der Waals surface area (Å²) in [5.74, 6) is 0.00898. The third-order valence-corrected chi connectivity index (χ3v) is 2.38. The minimum atomic E-state index is -0.718. The summed E-state index contributed by atoms with van der Waals surface area (Å²) in [7, 11) is 1.56. The smallest absolute Gasteiger partial charge is 0.268 e. The summed E-state index contributed by atoms with van der Waals surface area (Å²) in [5.41, 5.74) is 2.35. The fraction of sp³-hybridized carbons (Fsp3) is 0.889. The van der Waals surface area contributed by atoms with E-state index in [1.165, 1.54) is 0 Å². The molecule has 1 aliphatic rings. The molecule has 0 aromatic rings. The standard InChI is InChI=1S/C9H18N2O2/c1-9(2,13-3)8(12)11-7-5-4-6-10-11/h10H,4-7H2,1-3H3. The van der Waals surface area contributed by atoms with Crippen molar-refractivity contribution in [2.45, 2.75) is 32.3 Å². The molecule has 1 aliphatic heterocycles. The van der Waals surface area contributed by atoms with E-state index in [1.807, 2.05) is 0 Å². The van der Waals surface area contributed by atoms with Crippen molar-refractivity contribution in [2.24, 2.45) is 0 Å². The van der Waals surface area contributed by atoms with E-state index in [4.69, 9.17) is 4.74 Å². The summed E-state index contributed by atoms with van der Waals surface area (Å²) in [5, 5.41) is 1.66. The number of hydrazine groups is 1. The van der Waals surface area contributed by atoms with Crippen LogP contribution < -0.4 is 5.43 Å². The Morgan fingerprint density at radius 2 is 2.15 bits per heavy atom. The van der Waals surface area contributed by atoms with Crippen molar-refractivity contribution in [3.05, 3.63) is 0 Å². The van der Waals surface area contributed by atoms with Crippen LogP contribution in [0.2, 0.25) is 0 Å². The number of hydrogen-bond donors (Lipinski definition) is 1. The predicted molar refractivity (Wildman–Crippen MR) is 50.0 cm³/mol. The van der Waals surface area contributed by atoms with Crippen molar-refractivity contribution in [3.63, 3.8) is 0 Å². The second kappa shape index (κ2) is 4.07. The van der Waals surface area contributed by atoms with Gasteiger partial charge in [0.1, 0.15) is 5.60 Å². The van der Waals surface area contributed by atoms with Gasteiger partial charge in [0.2, 0.25) is 0 Å². The van der Waals surface area contributed by atoms with E-state index in [1.54, 1.807) is 26.0 Å². The molecule has 1 N–H and O–H groups in total. The van der Waals surface area contributed by atoms with Gasteiger partial charge < -0.3 is 4.74 Å². The van der Waals surface area contributed by atoms with Crippen LogP contribution in [0.15, 0.2) is 0 Å². The Hall–Kier alpha value is -0.610.